The van der Waals surface area contributed by atoms with E-state index in [0.717, 1.165) is 11.3 Å². The minimum atomic E-state index is -0.822. The van der Waals surface area contributed by atoms with Gasteiger partial charge in [0, 0.05) is 24.2 Å². The minimum Gasteiger partial charge on any atom is -0.467 e. The average Bonchev–Trinajstić information content (AvgIpc) is 3.25. The third-order valence-corrected chi connectivity index (χ3v) is 4.68. The molecule has 2 heterocycles. The van der Waals surface area contributed by atoms with Gasteiger partial charge in [0.1, 0.15) is 11.6 Å². The van der Waals surface area contributed by atoms with Crippen LogP contribution in [0.1, 0.15) is 35.9 Å². The molecule has 0 fully saturated rings. The summed E-state index contributed by atoms with van der Waals surface area (Å²) in [7, 11) is 0. The number of carbonyl (C=O) groups is 1. The van der Waals surface area contributed by atoms with Crippen LogP contribution < -0.4 is 21.9 Å². The van der Waals surface area contributed by atoms with Crippen molar-refractivity contribution in [1.82, 2.24) is 9.55 Å². The summed E-state index contributed by atoms with van der Waals surface area (Å²) >= 11 is 0. The van der Waals surface area contributed by atoms with Gasteiger partial charge in [-0.15, -0.1) is 0 Å². The van der Waals surface area contributed by atoms with Gasteiger partial charge in [-0.2, -0.15) is 0 Å². The molecule has 2 aromatic heterocycles. The zero-order valence-electron chi connectivity index (χ0n) is 16.7. The van der Waals surface area contributed by atoms with Gasteiger partial charge < -0.3 is 10.2 Å². The maximum Gasteiger partial charge on any atom is 0.330 e. The third kappa shape index (κ3) is 4.55. The summed E-state index contributed by atoms with van der Waals surface area (Å²) in [4.78, 5) is 51.8. The molecule has 1 aromatic carbocycles. The normalized spacial score (nSPS) is 10.7. The summed E-state index contributed by atoms with van der Waals surface area (Å²) in [5.74, 6) is -0.409. The smallest absolute Gasteiger partial charge is 0.330 e. The largest absolute Gasteiger partial charge is 0.467 e. The van der Waals surface area contributed by atoms with Crippen molar-refractivity contribution in [3.63, 3.8) is 0 Å². The number of nitrogen functional groups attached to an aromatic ring is 1. The number of aromatic amines is 1. The zero-order chi connectivity index (χ0) is 22.5. The lowest BCUT2D eigenvalue weighted by atomic mass is 10.1. The number of nitrogens with zero attached hydrogens (tertiary/aromatic N) is 3. The summed E-state index contributed by atoms with van der Waals surface area (Å²) in [5, 5.41) is 10.9. The summed E-state index contributed by atoms with van der Waals surface area (Å²) in [6.07, 6.45) is 2.85. The van der Waals surface area contributed by atoms with E-state index >= 15 is 0 Å². The highest BCUT2D eigenvalue weighted by Crippen LogP contribution is 2.23. The highest BCUT2D eigenvalue weighted by atomic mass is 16.6. The topological polar surface area (TPSA) is 157 Å². The summed E-state index contributed by atoms with van der Waals surface area (Å²) in [5.41, 5.74) is 4.40. The number of nitro benzene ring substituents is 1. The number of nitro groups is 1. The standard InChI is InChI=1S/C20H21N5O6/c1-2-3-10-23-17(21)16(18(26)22-20(23)28)24(12-15-5-4-11-31-15)19(27)13-6-8-14(9-7-13)25(29)30/h4-9,11H,2-3,10,12,21H2,1H3,(H,22,26,28). The molecule has 0 radical (unpaired) electrons. The van der Waals surface area contributed by atoms with Gasteiger partial charge in [-0.3, -0.25) is 34.2 Å². The number of hydrogen-bond acceptors (Lipinski definition) is 7. The molecular weight excluding hydrogens is 406 g/mol. The van der Waals surface area contributed by atoms with Crippen molar-refractivity contribution in [2.24, 2.45) is 0 Å². The van der Waals surface area contributed by atoms with E-state index in [1.165, 1.54) is 35.1 Å². The van der Waals surface area contributed by atoms with Crippen LogP contribution >= 0.6 is 0 Å². The van der Waals surface area contributed by atoms with Crippen molar-refractivity contribution in [1.29, 1.82) is 0 Å². The summed E-state index contributed by atoms with van der Waals surface area (Å²) in [6.45, 7) is 2.07. The fraction of sp³-hybridized carbons (Fsp3) is 0.250. The predicted octanol–water partition coefficient (Wildman–Crippen LogP) is 2.27. The second-order valence-corrected chi connectivity index (χ2v) is 6.77. The van der Waals surface area contributed by atoms with E-state index in [9.17, 15) is 24.5 Å². The number of non-ortho nitro benzene ring substituents is 1. The van der Waals surface area contributed by atoms with Crippen molar-refractivity contribution >= 4 is 23.1 Å². The number of aromatic nitrogens is 2. The van der Waals surface area contributed by atoms with Crippen LogP contribution in [-0.2, 0) is 13.1 Å². The van der Waals surface area contributed by atoms with Crippen molar-refractivity contribution in [2.45, 2.75) is 32.9 Å². The molecule has 3 rings (SSSR count). The molecule has 0 spiro atoms. The van der Waals surface area contributed by atoms with Crippen LogP contribution in [0, 0.1) is 10.1 Å². The number of hydrogen-bond donors (Lipinski definition) is 2. The number of carbonyl (C=O) groups excluding carboxylic acids is 1. The number of unbranched alkanes of at least 4 members (excludes halogenated alkanes) is 1. The monoisotopic (exact) mass is 427 g/mol. The molecule has 0 unspecified atom stereocenters. The van der Waals surface area contributed by atoms with Gasteiger partial charge in [0.05, 0.1) is 17.7 Å². The Balaban J connectivity index is 2.11. The van der Waals surface area contributed by atoms with Crippen LogP contribution in [0.5, 0.6) is 0 Å². The van der Waals surface area contributed by atoms with Crippen LogP contribution in [0.2, 0.25) is 0 Å². The van der Waals surface area contributed by atoms with E-state index in [4.69, 9.17) is 10.2 Å². The minimum absolute atomic E-state index is 0.0993. The molecule has 0 atom stereocenters. The first-order valence-corrected chi connectivity index (χ1v) is 9.54. The van der Waals surface area contributed by atoms with Crippen molar-refractivity contribution in [3.8, 4) is 0 Å². The Morgan fingerprint density at radius 3 is 2.55 bits per heavy atom. The van der Waals surface area contributed by atoms with E-state index in [-0.39, 0.29) is 35.8 Å². The highest BCUT2D eigenvalue weighted by Gasteiger charge is 2.26. The van der Waals surface area contributed by atoms with E-state index in [1.54, 1.807) is 12.1 Å². The van der Waals surface area contributed by atoms with Crippen LogP contribution in [-0.4, -0.2) is 20.4 Å². The number of rotatable bonds is 8. The van der Waals surface area contributed by atoms with Gasteiger partial charge in [0.2, 0.25) is 0 Å². The van der Waals surface area contributed by atoms with E-state index in [0.29, 0.717) is 12.2 Å². The Kier molecular flexibility index (Phi) is 6.34. The van der Waals surface area contributed by atoms with Gasteiger partial charge in [-0.25, -0.2) is 4.79 Å². The van der Waals surface area contributed by atoms with Crippen molar-refractivity contribution in [2.75, 3.05) is 10.6 Å². The number of amides is 1. The molecule has 0 aliphatic heterocycles. The fourth-order valence-electron chi connectivity index (χ4n) is 3.07. The first-order chi connectivity index (χ1) is 14.8. The number of furan rings is 1. The Morgan fingerprint density at radius 1 is 1.26 bits per heavy atom. The molecule has 31 heavy (non-hydrogen) atoms. The van der Waals surface area contributed by atoms with Crippen LogP contribution in [0.15, 0.2) is 56.7 Å². The van der Waals surface area contributed by atoms with E-state index < -0.39 is 22.1 Å². The van der Waals surface area contributed by atoms with E-state index in [2.05, 4.69) is 4.98 Å². The molecule has 0 saturated heterocycles. The maximum atomic E-state index is 13.3. The number of benzene rings is 1. The predicted molar refractivity (Wildman–Crippen MR) is 113 cm³/mol. The van der Waals surface area contributed by atoms with Crippen LogP contribution in [0.3, 0.4) is 0 Å². The summed E-state index contributed by atoms with van der Waals surface area (Å²) in [6, 6.07) is 8.19. The highest BCUT2D eigenvalue weighted by molar-refractivity contribution is 6.07. The molecule has 3 N–H and O–H groups in total. The fourth-order valence-corrected chi connectivity index (χ4v) is 3.07. The molecule has 11 nitrogen and oxygen atoms in total. The molecule has 0 aliphatic rings. The quantitative estimate of drug-likeness (QED) is 0.412. The Bertz CT molecular complexity index is 1190. The molecule has 162 valence electrons. The molecule has 0 aliphatic carbocycles. The number of nitrogens with one attached hydrogen (secondary N) is 1. The van der Waals surface area contributed by atoms with Gasteiger partial charge >= 0.3 is 5.69 Å². The lowest BCUT2D eigenvalue weighted by Gasteiger charge is -2.24. The number of nitrogens with two attached hydrogens (primary N) is 1. The number of H-pyrrole nitrogens is 1. The van der Waals surface area contributed by atoms with Gasteiger partial charge in [-0.1, -0.05) is 13.3 Å². The van der Waals surface area contributed by atoms with Crippen molar-refractivity contribution < 1.29 is 14.1 Å². The summed E-state index contributed by atoms with van der Waals surface area (Å²) < 4.78 is 6.52. The van der Waals surface area contributed by atoms with Gasteiger partial charge in [-0.05, 0) is 30.7 Å². The Morgan fingerprint density at radius 2 is 1.97 bits per heavy atom. The number of anilines is 2. The lowest BCUT2D eigenvalue weighted by molar-refractivity contribution is -0.384. The van der Waals surface area contributed by atoms with E-state index in [1.807, 2.05) is 6.92 Å². The second-order valence-electron chi connectivity index (χ2n) is 6.77. The maximum absolute atomic E-state index is 13.3. The molecule has 11 heteroatoms. The van der Waals surface area contributed by atoms with Crippen LogP contribution in [0.4, 0.5) is 17.2 Å². The third-order valence-electron chi connectivity index (χ3n) is 4.68. The molecule has 0 saturated carbocycles. The molecule has 0 bridgehead atoms. The van der Waals surface area contributed by atoms with Gasteiger partial charge in [0.15, 0.2) is 5.69 Å². The first kappa shape index (κ1) is 21.6. The zero-order valence-corrected chi connectivity index (χ0v) is 16.7. The average molecular weight is 427 g/mol. The molecule has 3 aromatic rings. The molecule has 1 amide bonds. The van der Waals surface area contributed by atoms with Crippen molar-refractivity contribution in [3.05, 3.63) is 84.9 Å². The lowest BCUT2D eigenvalue weighted by Crippen LogP contribution is -2.41. The Hall–Kier alpha value is -4.15. The SMILES string of the molecule is CCCCn1c(N)c(N(Cc2ccco2)C(=O)c2ccc([N+](=O)[O-])cc2)c(=O)[nH]c1=O. The van der Waals surface area contributed by atoms with Gasteiger partial charge in [0.25, 0.3) is 17.2 Å². The second kappa shape index (κ2) is 9.11. The Labute approximate surface area is 175 Å². The molecular formula is C20H21N5O6. The van der Waals surface area contributed by atoms with Crippen LogP contribution in [0.25, 0.3) is 0 Å². The first-order valence-electron chi connectivity index (χ1n) is 9.54.